The fourth-order valence-electron chi connectivity index (χ4n) is 0.285. The molecule has 1 aliphatic rings. The maximum absolute atomic E-state index is 5.49. The van der Waals surface area contributed by atoms with Gasteiger partial charge in [0, 0.05) is 0 Å². The topological polar surface area (TPSA) is 27.7 Å². The van der Waals surface area contributed by atoms with Crippen LogP contribution >= 0.6 is 11.6 Å². The first-order valence-electron chi connectivity index (χ1n) is 1.95. The number of rotatable bonds is 0. The second-order valence-corrected chi connectivity index (χ2v) is 1.85. The van der Waals surface area contributed by atoms with E-state index < -0.39 is 0 Å². The van der Waals surface area contributed by atoms with E-state index >= 15 is 0 Å². The van der Waals surface area contributed by atoms with Gasteiger partial charge < -0.3 is 0 Å². The molecule has 0 atom stereocenters. The van der Waals surface area contributed by atoms with E-state index in [0.29, 0.717) is 13.2 Å². The minimum atomic E-state index is -0.0613. The Morgan fingerprint density at radius 3 is 2.14 bits per heavy atom. The van der Waals surface area contributed by atoms with Crippen LogP contribution in [0, 0.1) is 0 Å². The SMILES string of the molecule is ClC1COOOC1. The van der Waals surface area contributed by atoms with Crippen LogP contribution in [0.5, 0.6) is 0 Å². The zero-order chi connectivity index (χ0) is 5.11. The summed E-state index contributed by atoms with van der Waals surface area (Å²) in [5, 5.41) is 3.99. The van der Waals surface area contributed by atoms with Gasteiger partial charge in [0.1, 0.15) is 13.2 Å². The van der Waals surface area contributed by atoms with Gasteiger partial charge in [0.15, 0.2) is 0 Å². The van der Waals surface area contributed by atoms with Crippen molar-refractivity contribution in [1.82, 2.24) is 0 Å². The van der Waals surface area contributed by atoms with Crippen LogP contribution in [0.4, 0.5) is 0 Å². The summed E-state index contributed by atoms with van der Waals surface area (Å²) in [5.74, 6) is 0. The lowest BCUT2D eigenvalue weighted by Gasteiger charge is -2.12. The van der Waals surface area contributed by atoms with Gasteiger partial charge in [-0.3, -0.25) is 0 Å². The summed E-state index contributed by atoms with van der Waals surface area (Å²) in [6, 6.07) is 0. The lowest BCUT2D eigenvalue weighted by atomic mass is 10.5. The lowest BCUT2D eigenvalue weighted by molar-refractivity contribution is -0.530. The van der Waals surface area contributed by atoms with Crippen LogP contribution in [0.3, 0.4) is 0 Å². The molecule has 0 bridgehead atoms. The molecule has 0 aromatic carbocycles. The Kier molecular flexibility index (Phi) is 1.87. The van der Waals surface area contributed by atoms with Crippen molar-refractivity contribution in [2.24, 2.45) is 0 Å². The first-order valence-corrected chi connectivity index (χ1v) is 2.38. The summed E-state index contributed by atoms with van der Waals surface area (Å²) < 4.78 is 0. The van der Waals surface area contributed by atoms with Crippen LogP contribution in [0.2, 0.25) is 0 Å². The number of hydrogen-bond acceptors (Lipinski definition) is 3. The fraction of sp³-hybridized carbons (Fsp3) is 1.00. The molecule has 0 aliphatic carbocycles. The summed E-state index contributed by atoms with van der Waals surface area (Å²) in [4.78, 5) is 8.66. The summed E-state index contributed by atoms with van der Waals surface area (Å²) in [6.45, 7) is 0.809. The molecule has 1 saturated heterocycles. The number of hydrogen-bond donors (Lipinski definition) is 0. The Morgan fingerprint density at radius 2 is 1.86 bits per heavy atom. The molecule has 1 heterocycles. The van der Waals surface area contributed by atoms with E-state index in [1.807, 2.05) is 0 Å². The zero-order valence-corrected chi connectivity index (χ0v) is 4.35. The highest BCUT2D eigenvalue weighted by atomic mass is 35.5. The number of halogens is 1. The van der Waals surface area contributed by atoms with Crippen molar-refractivity contribution in [3.8, 4) is 0 Å². The molecule has 0 unspecified atom stereocenters. The van der Waals surface area contributed by atoms with Gasteiger partial charge in [-0.05, 0) is 0 Å². The Hall–Kier alpha value is 0.170. The molecule has 0 spiro atoms. The van der Waals surface area contributed by atoms with E-state index in [9.17, 15) is 0 Å². The third kappa shape index (κ3) is 1.61. The quantitative estimate of drug-likeness (QED) is 0.347. The van der Waals surface area contributed by atoms with Crippen LogP contribution < -0.4 is 0 Å². The van der Waals surface area contributed by atoms with Crippen molar-refractivity contribution in [3.63, 3.8) is 0 Å². The molecule has 1 rings (SSSR count). The monoisotopic (exact) mass is 124 g/mol. The molecule has 42 valence electrons. The molecule has 3 nitrogen and oxygen atoms in total. The second-order valence-electron chi connectivity index (χ2n) is 1.23. The van der Waals surface area contributed by atoms with Crippen LogP contribution in [0.1, 0.15) is 0 Å². The van der Waals surface area contributed by atoms with Crippen LogP contribution in [0.15, 0.2) is 0 Å². The summed E-state index contributed by atoms with van der Waals surface area (Å²) in [5.41, 5.74) is 0. The van der Waals surface area contributed by atoms with E-state index in [-0.39, 0.29) is 5.38 Å². The Balaban J connectivity index is 2.12. The molecule has 4 heteroatoms. The fourth-order valence-corrected chi connectivity index (χ4v) is 0.388. The molecular formula is C3H5ClO3. The molecular weight excluding hydrogens is 119 g/mol. The maximum Gasteiger partial charge on any atom is 0.104 e. The third-order valence-electron chi connectivity index (χ3n) is 0.594. The predicted octanol–water partition coefficient (Wildman–Crippen LogP) is 0.487. The van der Waals surface area contributed by atoms with Gasteiger partial charge in [-0.2, -0.15) is 0 Å². The van der Waals surface area contributed by atoms with Crippen molar-refractivity contribution in [2.75, 3.05) is 13.2 Å². The minimum Gasteiger partial charge on any atom is -0.205 e. The van der Waals surface area contributed by atoms with Gasteiger partial charge in [-0.1, -0.05) is 5.04 Å². The van der Waals surface area contributed by atoms with E-state index in [1.54, 1.807) is 0 Å². The summed E-state index contributed by atoms with van der Waals surface area (Å²) in [6.07, 6.45) is 0. The van der Waals surface area contributed by atoms with Crippen molar-refractivity contribution < 1.29 is 14.8 Å². The Bertz CT molecular complexity index is 52.1. The van der Waals surface area contributed by atoms with Crippen molar-refractivity contribution in [3.05, 3.63) is 0 Å². The Labute approximate surface area is 46.0 Å². The summed E-state index contributed by atoms with van der Waals surface area (Å²) >= 11 is 5.49. The highest BCUT2D eigenvalue weighted by Gasteiger charge is 2.11. The average Bonchev–Trinajstić information content (AvgIpc) is 1.69. The van der Waals surface area contributed by atoms with E-state index in [2.05, 4.69) is 14.8 Å². The normalized spacial score (nSPS) is 25.3. The van der Waals surface area contributed by atoms with E-state index in [4.69, 9.17) is 11.6 Å². The molecule has 0 aromatic heterocycles. The van der Waals surface area contributed by atoms with Gasteiger partial charge in [-0.25, -0.2) is 9.78 Å². The molecule has 7 heavy (non-hydrogen) atoms. The van der Waals surface area contributed by atoms with Crippen LogP contribution in [0.25, 0.3) is 0 Å². The maximum atomic E-state index is 5.49. The molecule has 0 amide bonds. The van der Waals surface area contributed by atoms with Crippen molar-refractivity contribution in [1.29, 1.82) is 0 Å². The third-order valence-corrected chi connectivity index (χ3v) is 0.846. The van der Waals surface area contributed by atoms with Gasteiger partial charge in [-0.15, -0.1) is 11.6 Å². The van der Waals surface area contributed by atoms with Gasteiger partial charge in [0.2, 0.25) is 0 Å². The molecule has 0 radical (unpaired) electrons. The molecule has 1 aliphatic heterocycles. The molecule has 0 aromatic rings. The first-order chi connectivity index (χ1) is 3.39. The average molecular weight is 125 g/mol. The smallest absolute Gasteiger partial charge is 0.104 e. The minimum absolute atomic E-state index is 0.0613. The predicted molar refractivity (Wildman–Crippen MR) is 22.6 cm³/mol. The molecule has 0 saturated carbocycles. The van der Waals surface area contributed by atoms with Crippen molar-refractivity contribution in [2.45, 2.75) is 5.38 Å². The lowest BCUT2D eigenvalue weighted by Crippen LogP contribution is -2.22. The highest BCUT2D eigenvalue weighted by molar-refractivity contribution is 6.20. The van der Waals surface area contributed by atoms with Crippen LogP contribution in [-0.4, -0.2) is 18.6 Å². The highest BCUT2D eigenvalue weighted by Crippen LogP contribution is 2.03. The van der Waals surface area contributed by atoms with Gasteiger partial charge in [0.05, 0.1) is 5.38 Å². The van der Waals surface area contributed by atoms with Gasteiger partial charge in [0.25, 0.3) is 0 Å². The van der Waals surface area contributed by atoms with Crippen molar-refractivity contribution >= 4 is 11.6 Å². The molecule has 0 N–H and O–H groups in total. The Morgan fingerprint density at radius 1 is 1.29 bits per heavy atom. The largest absolute Gasteiger partial charge is 0.205 e. The van der Waals surface area contributed by atoms with Crippen LogP contribution in [-0.2, 0) is 14.8 Å². The summed E-state index contributed by atoms with van der Waals surface area (Å²) in [7, 11) is 0. The second kappa shape index (κ2) is 2.47. The molecule has 1 fully saturated rings. The standard InChI is InChI=1S/C3H5ClO3/c4-3-1-5-7-6-2-3/h3H,1-2H2. The van der Waals surface area contributed by atoms with E-state index in [0.717, 1.165) is 0 Å². The van der Waals surface area contributed by atoms with Gasteiger partial charge >= 0.3 is 0 Å². The van der Waals surface area contributed by atoms with E-state index in [1.165, 1.54) is 0 Å². The number of alkyl halides is 1. The zero-order valence-electron chi connectivity index (χ0n) is 3.59. The first kappa shape index (κ1) is 5.31.